The predicted octanol–water partition coefficient (Wildman–Crippen LogP) is 2.67. The van der Waals surface area contributed by atoms with Gasteiger partial charge >= 0.3 is 0 Å². The first-order chi connectivity index (χ1) is 10.9. The Morgan fingerprint density at radius 1 is 1.26 bits per heavy atom. The Morgan fingerprint density at radius 3 is 2.61 bits per heavy atom. The second-order valence-corrected chi connectivity index (χ2v) is 8.19. The molecule has 1 atom stereocenters. The van der Waals surface area contributed by atoms with Crippen molar-refractivity contribution in [2.45, 2.75) is 23.7 Å². The molecular formula is C16H18ClN3O2S. The third kappa shape index (κ3) is 3.71. The molecule has 1 unspecified atom stereocenters. The molecule has 1 aromatic carbocycles. The Balaban J connectivity index is 2.08. The molecule has 1 aliphatic heterocycles. The second kappa shape index (κ2) is 6.55. The van der Waals surface area contributed by atoms with Gasteiger partial charge in [0, 0.05) is 35.5 Å². The molecule has 0 radical (unpaired) electrons. The highest BCUT2D eigenvalue weighted by Crippen LogP contribution is 2.29. The van der Waals surface area contributed by atoms with Crippen LogP contribution in [0.3, 0.4) is 0 Å². The van der Waals surface area contributed by atoms with Crippen molar-refractivity contribution in [1.29, 1.82) is 0 Å². The lowest BCUT2D eigenvalue weighted by Gasteiger charge is -2.24. The zero-order valence-electron chi connectivity index (χ0n) is 12.8. The van der Waals surface area contributed by atoms with E-state index in [0.717, 1.165) is 31.5 Å². The van der Waals surface area contributed by atoms with Gasteiger partial charge in [-0.3, -0.25) is 0 Å². The summed E-state index contributed by atoms with van der Waals surface area (Å²) in [6, 6.07) is 7.21. The molecule has 1 aliphatic rings. The van der Waals surface area contributed by atoms with Gasteiger partial charge in [0.2, 0.25) is 0 Å². The fourth-order valence-corrected chi connectivity index (χ4v) is 3.75. The molecule has 7 heteroatoms. The first-order valence-electron chi connectivity index (χ1n) is 7.49. The Bertz CT molecular complexity index is 801. The fourth-order valence-electron chi connectivity index (χ4n) is 2.79. The molecule has 0 bridgehead atoms. The Morgan fingerprint density at radius 2 is 2.00 bits per heavy atom. The van der Waals surface area contributed by atoms with Crippen molar-refractivity contribution < 1.29 is 8.42 Å². The van der Waals surface area contributed by atoms with E-state index >= 15 is 0 Å². The third-order valence-electron chi connectivity index (χ3n) is 3.97. The highest BCUT2D eigenvalue weighted by molar-refractivity contribution is 7.90. The normalized spacial score (nSPS) is 18.8. The number of benzene rings is 1. The van der Waals surface area contributed by atoms with E-state index in [2.05, 4.69) is 15.3 Å². The van der Waals surface area contributed by atoms with Gasteiger partial charge in [-0.05, 0) is 43.7 Å². The van der Waals surface area contributed by atoms with Gasteiger partial charge in [0.05, 0.1) is 5.69 Å². The van der Waals surface area contributed by atoms with Crippen LogP contribution in [-0.4, -0.2) is 37.7 Å². The van der Waals surface area contributed by atoms with Crippen LogP contribution in [0.4, 0.5) is 0 Å². The number of aromatic nitrogens is 2. The van der Waals surface area contributed by atoms with Crippen molar-refractivity contribution in [3.05, 3.63) is 41.2 Å². The number of nitrogens with zero attached hydrogens (tertiary/aromatic N) is 2. The standard InChI is InChI=1S/C16H18ClN3O2S/c1-23(21,22)14-10-19-16(11-4-6-13(17)7-5-11)20-15(14)12-3-2-8-18-9-12/h4-7,10,12,18H,2-3,8-9H2,1H3. The highest BCUT2D eigenvalue weighted by Gasteiger charge is 2.25. The van der Waals surface area contributed by atoms with Crippen LogP contribution >= 0.6 is 11.6 Å². The van der Waals surface area contributed by atoms with Gasteiger partial charge in [0.1, 0.15) is 4.90 Å². The first kappa shape index (κ1) is 16.4. The van der Waals surface area contributed by atoms with E-state index < -0.39 is 9.84 Å². The van der Waals surface area contributed by atoms with Gasteiger partial charge < -0.3 is 5.32 Å². The summed E-state index contributed by atoms with van der Waals surface area (Å²) in [4.78, 5) is 9.06. The van der Waals surface area contributed by atoms with Crippen molar-refractivity contribution in [3.8, 4) is 11.4 Å². The molecule has 3 rings (SSSR count). The summed E-state index contributed by atoms with van der Waals surface area (Å²) in [5.41, 5.74) is 1.43. The van der Waals surface area contributed by atoms with E-state index in [1.165, 1.54) is 12.5 Å². The molecule has 0 spiro atoms. The first-order valence-corrected chi connectivity index (χ1v) is 9.76. The molecule has 1 saturated heterocycles. The quantitative estimate of drug-likeness (QED) is 0.920. The number of hydrogen-bond acceptors (Lipinski definition) is 5. The maximum absolute atomic E-state index is 12.1. The molecule has 1 fully saturated rings. The number of rotatable bonds is 3. The molecule has 5 nitrogen and oxygen atoms in total. The summed E-state index contributed by atoms with van der Waals surface area (Å²) in [6.07, 6.45) is 4.56. The van der Waals surface area contributed by atoms with Crippen molar-refractivity contribution >= 4 is 21.4 Å². The summed E-state index contributed by atoms with van der Waals surface area (Å²) in [6.45, 7) is 1.69. The number of hydrogen-bond donors (Lipinski definition) is 1. The van der Waals surface area contributed by atoms with Crippen LogP contribution in [0.1, 0.15) is 24.5 Å². The molecule has 0 saturated carbocycles. The van der Waals surface area contributed by atoms with Crippen LogP contribution in [0.5, 0.6) is 0 Å². The minimum atomic E-state index is -3.36. The van der Waals surface area contributed by atoms with E-state index in [-0.39, 0.29) is 10.8 Å². The van der Waals surface area contributed by atoms with E-state index in [4.69, 9.17) is 11.6 Å². The average Bonchev–Trinajstić information content (AvgIpc) is 2.55. The highest BCUT2D eigenvalue weighted by atomic mass is 35.5. The summed E-state index contributed by atoms with van der Waals surface area (Å²) in [5.74, 6) is 0.608. The maximum Gasteiger partial charge on any atom is 0.178 e. The van der Waals surface area contributed by atoms with Crippen LogP contribution in [0.25, 0.3) is 11.4 Å². The Hall–Kier alpha value is -1.50. The molecule has 2 heterocycles. The van der Waals surface area contributed by atoms with Gasteiger partial charge in [0.15, 0.2) is 15.7 Å². The monoisotopic (exact) mass is 351 g/mol. The largest absolute Gasteiger partial charge is 0.316 e. The van der Waals surface area contributed by atoms with Crippen LogP contribution in [0, 0.1) is 0 Å². The second-order valence-electron chi connectivity index (χ2n) is 5.77. The smallest absolute Gasteiger partial charge is 0.178 e. The Kier molecular flexibility index (Phi) is 4.66. The van der Waals surface area contributed by atoms with Crippen molar-refractivity contribution in [1.82, 2.24) is 15.3 Å². The summed E-state index contributed by atoms with van der Waals surface area (Å²) in [7, 11) is -3.36. The third-order valence-corrected chi connectivity index (χ3v) is 5.33. The topological polar surface area (TPSA) is 72.0 Å². The lowest BCUT2D eigenvalue weighted by molar-refractivity contribution is 0.448. The zero-order valence-corrected chi connectivity index (χ0v) is 14.4. The molecule has 0 aliphatic carbocycles. The minimum Gasteiger partial charge on any atom is -0.316 e. The maximum atomic E-state index is 12.1. The number of nitrogens with one attached hydrogen (secondary N) is 1. The lowest BCUT2D eigenvalue weighted by Crippen LogP contribution is -2.30. The molecule has 2 aromatic rings. The lowest BCUT2D eigenvalue weighted by atomic mass is 9.96. The van der Waals surface area contributed by atoms with Crippen molar-refractivity contribution in [2.24, 2.45) is 0 Å². The average molecular weight is 352 g/mol. The molecule has 122 valence electrons. The Labute approximate surface area is 141 Å². The van der Waals surface area contributed by atoms with Crippen LogP contribution in [0.15, 0.2) is 35.4 Å². The fraction of sp³-hybridized carbons (Fsp3) is 0.375. The molecule has 23 heavy (non-hydrogen) atoms. The summed E-state index contributed by atoms with van der Waals surface area (Å²) < 4.78 is 24.1. The van der Waals surface area contributed by atoms with Gasteiger partial charge in [0.25, 0.3) is 0 Å². The number of halogens is 1. The summed E-state index contributed by atoms with van der Waals surface area (Å²) in [5, 5.41) is 3.94. The minimum absolute atomic E-state index is 0.0857. The SMILES string of the molecule is CS(=O)(=O)c1cnc(-c2ccc(Cl)cc2)nc1C1CCCNC1. The molecule has 0 amide bonds. The van der Waals surface area contributed by atoms with Crippen LogP contribution in [-0.2, 0) is 9.84 Å². The van der Waals surface area contributed by atoms with E-state index in [1.54, 1.807) is 12.1 Å². The van der Waals surface area contributed by atoms with Gasteiger partial charge in [-0.1, -0.05) is 11.6 Å². The van der Waals surface area contributed by atoms with E-state index in [0.29, 0.717) is 16.5 Å². The van der Waals surface area contributed by atoms with Crippen LogP contribution < -0.4 is 5.32 Å². The van der Waals surface area contributed by atoms with Crippen molar-refractivity contribution in [2.75, 3.05) is 19.3 Å². The number of piperidine rings is 1. The molecular weight excluding hydrogens is 334 g/mol. The molecule has 1 aromatic heterocycles. The van der Waals surface area contributed by atoms with E-state index in [9.17, 15) is 8.42 Å². The van der Waals surface area contributed by atoms with E-state index in [1.807, 2.05) is 12.1 Å². The van der Waals surface area contributed by atoms with Gasteiger partial charge in [-0.25, -0.2) is 18.4 Å². The van der Waals surface area contributed by atoms with Crippen LogP contribution in [0.2, 0.25) is 5.02 Å². The van der Waals surface area contributed by atoms with Crippen molar-refractivity contribution in [3.63, 3.8) is 0 Å². The number of sulfone groups is 1. The summed E-state index contributed by atoms with van der Waals surface area (Å²) >= 11 is 5.91. The van der Waals surface area contributed by atoms with Gasteiger partial charge in [-0.2, -0.15) is 0 Å². The zero-order chi connectivity index (χ0) is 16.4. The van der Waals surface area contributed by atoms with Gasteiger partial charge in [-0.15, -0.1) is 0 Å². The molecule has 1 N–H and O–H groups in total. The predicted molar refractivity (Wildman–Crippen MR) is 90.4 cm³/mol.